The predicted molar refractivity (Wildman–Crippen MR) is 87.8 cm³/mol. The van der Waals surface area contributed by atoms with Gasteiger partial charge in [-0.25, -0.2) is 0 Å². The summed E-state index contributed by atoms with van der Waals surface area (Å²) in [5, 5.41) is 3.18. The minimum Gasteiger partial charge on any atom is -0.497 e. The number of hydrogen-bond donors (Lipinski definition) is 1. The number of amides is 1. The number of carbonyl (C=O) groups excluding carboxylic acids is 1. The fourth-order valence-corrected chi connectivity index (χ4v) is 2.52. The maximum absolute atomic E-state index is 12.3. The Hall–Kier alpha value is -1.04. The summed E-state index contributed by atoms with van der Waals surface area (Å²) >= 11 is 12.8. The molecular formula is C14H10Br2ClNO2. The monoisotopic (exact) mass is 417 g/mol. The van der Waals surface area contributed by atoms with Crippen LogP contribution in [0, 0.1) is 0 Å². The maximum atomic E-state index is 12.3. The minimum atomic E-state index is -0.287. The fraction of sp³-hybridized carbons (Fsp3) is 0.0714. The van der Waals surface area contributed by atoms with Gasteiger partial charge in [-0.1, -0.05) is 17.7 Å². The van der Waals surface area contributed by atoms with Crippen LogP contribution in [0.4, 0.5) is 5.69 Å². The lowest BCUT2D eigenvalue weighted by molar-refractivity contribution is 0.102. The number of benzene rings is 2. The molecule has 0 aliphatic rings. The molecule has 20 heavy (non-hydrogen) atoms. The van der Waals surface area contributed by atoms with Crippen LogP contribution in [0.25, 0.3) is 0 Å². The molecule has 0 atom stereocenters. The number of anilines is 1. The highest BCUT2D eigenvalue weighted by Crippen LogP contribution is 2.30. The Morgan fingerprint density at radius 2 is 1.95 bits per heavy atom. The van der Waals surface area contributed by atoms with Crippen LogP contribution in [0.15, 0.2) is 45.3 Å². The van der Waals surface area contributed by atoms with Gasteiger partial charge in [0.1, 0.15) is 5.75 Å². The van der Waals surface area contributed by atoms with Gasteiger partial charge >= 0.3 is 0 Å². The molecule has 3 nitrogen and oxygen atoms in total. The topological polar surface area (TPSA) is 38.3 Å². The van der Waals surface area contributed by atoms with Crippen LogP contribution in [0.3, 0.4) is 0 Å². The summed E-state index contributed by atoms with van der Waals surface area (Å²) < 4.78 is 6.57. The highest BCUT2D eigenvalue weighted by Gasteiger charge is 2.14. The first kappa shape index (κ1) is 15.4. The second-order valence-electron chi connectivity index (χ2n) is 3.90. The van der Waals surface area contributed by atoms with E-state index < -0.39 is 0 Å². The predicted octanol–water partition coefficient (Wildman–Crippen LogP) is 5.13. The van der Waals surface area contributed by atoms with Gasteiger partial charge in [0.25, 0.3) is 5.91 Å². The first-order chi connectivity index (χ1) is 9.52. The molecule has 104 valence electrons. The van der Waals surface area contributed by atoms with Crippen molar-refractivity contribution < 1.29 is 9.53 Å². The first-order valence-electron chi connectivity index (χ1n) is 5.62. The summed E-state index contributed by atoms with van der Waals surface area (Å²) in [5.41, 5.74) is 1.01. The SMILES string of the molecule is COc1ccc(Br)c(NC(=O)c2cccc(Br)c2Cl)c1. The lowest BCUT2D eigenvalue weighted by Gasteiger charge is -2.10. The number of ether oxygens (including phenoxy) is 1. The molecule has 6 heteroatoms. The Bertz CT molecular complexity index is 662. The zero-order chi connectivity index (χ0) is 14.7. The van der Waals surface area contributed by atoms with E-state index in [1.807, 2.05) is 0 Å². The molecule has 0 spiro atoms. The summed E-state index contributed by atoms with van der Waals surface area (Å²) in [6.45, 7) is 0. The lowest BCUT2D eigenvalue weighted by atomic mass is 10.2. The van der Waals surface area contributed by atoms with Gasteiger partial charge in [-0.05, 0) is 56.1 Å². The molecule has 0 aliphatic heterocycles. The molecule has 0 aromatic heterocycles. The summed E-state index contributed by atoms with van der Waals surface area (Å²) in [5.74, 6) is 0.370. The number of nitrogens with one attached hydrogen (secondary N) is 1. The number of rotatable bonds is 3. The Morgan fingerprint density at radius 1 is 1.20 bits per heavy atom. The minimum absolute atomic E-state index is 0.287. The van der Waals surface area contributed by atoms with Gasteiger partial charge < -0.3 is 10.1 Å². The molecule has 1 amide bonds. The zero-order valence-corrected chi connectivity index (χ0v) is 14.3. The van der Waals surface area contributed by atoms with Crippen molar-refractivity contribution in [1.82, 2.24) is 0 Å². The third-order valence-electron chi connectivity index (χ3n) is 2.62. The van der Waals surface area contributed by atoms with E-state index >= 15 is 0 Å². The van der Waals surface area contributed by atoms with Crippen LogP contribution >= 0.6 is 43.5 Å². The molecule has 2 aromatic carbocycles. The molecule has 2 rings (SSSR count). The van der Waals surface area contributed by atoms with Crippen LogP contribution in [0.1, 0.15) is 10.4 Å². The third kappa shape index (κ3) is 3.34. The third-order valence-corrected chi connectivity index (χ3v) is 4.61. The van der Waals surface area contributed by atoms with E-state index in [0.29, 0.717) is 26.5 Å². The standard InChI is InChI=1S/C14H10Br2ClNO2/c1-20-8-5-6-10(15)12(7-8)18-14(19)9-3-2-4-11(16)13(9)17/h2-7H,1H3,(H,18,19). The number of halogens is 3. The van der Waals surface area contributed by atoms with Crippen LogP contribution in [-0.4, -0.2) is 13.0 Å². The van der Waals surface area contributed by atoms with Crippen molar-refractivity contribution in [2.24, 2.45) is 0 Å². The van der Waals surface area contributed by atoms with Crippen molar-refractivity contribution in [3.05, 3.63) is 55.9 Å². The smallest absolute Gasteiger partial charge is 0.257 e. The van der Waals surface area contributed by atoms with Gasteiger partial charge in [-0.2, -0.15) is 0 Å². The van der Waals surface area contributed by atoms with E-state index in [1.165, 1.54) is 0 Å². The van der Waals surface area contributed by atoms with Gasteiger partial charge in [0.15, 0.2) is 0 Å². The van der Waals surface area contributed by atoms with Crippen molar-refractivity contribution in [1.29, 1.82) is 0 Å². The highest BCUT2D eigenvalue weighted by molar-refractivity contribution is 9.11. The van der Waals surface area contributed by atoms with E-state index in [9.17, 15) is 4.79 Å². The Kier molecular flexibility index (Phi) is 5.07. The second-order valence-corrected chi connectivity index (χ2v) is 5.99. The molecule has 0 radical (unpaired) electrons. The van der Waals surface area contributed by atoms with Crippen LogP contribution < -0.4 is 10.1 Å². The van der Waals surface area contributed by atoms with Gasteiger partial charge in [0.2, 0.25) is 0 Å². The molecule has 0 fully saturated rings. The molecule has 0 unspecified atom stereocenters. The van der Waals surface area contributed by atoms with Gasteiger partial charge in [0, 0.05) is 15.0 Å². The van der Waals surface area contributed by atoms with Gasteiger partial charge in [0.05, 0.1) is 23.4 Å². The molecule has 0 saturated heterocycles. The van der Waals surface area contributed by atoms with Crippen molar-refractivity contribution in [2.75, 3.05) is 12.4 Å². The van der Waals surface area contributed by atoms with Crippen molar-refractivity contribution >= 4 is 55.1 Å². The molecule has 1 N–H and O–H groups in total. The van der Waals surface area contributed by atoms with E-state index in [-0.39, 0.29) is 5.91 Å². The van der Waals surface area contributed by atoms with E-state index in [0.717, 1.165) is 4.47 Å². The Labute approximate surface area is 138 Å². The van der Waals surface area contributed by atoms with Crippen molar-refractivity contribution in [3.63, 3.8) is 0 Å². The summed E-state index contributed by atoms with van der Waals surface area (Å²) in [7, 11) is 1.57. The first-order valence-corrected chi connectivity index (χ1v) is 7.58. The molecule has 0 aliphatic carbocycles. The molecule has 0 bridgehead atoms. The average Bonchev–Trinajstić information content (AvgIpc) is 2.44. The number of methoxy groups -OCH3 is 1. The van der Waals surface area contributed by atoms with E-state index in [4.69, 9.17) is 16.3 Å². The van der Waals surface area contributed by atoms with Gasteiger partial charge in [-0.3, -0.25) is 4.79 Å². The fourth-order valence-electron chi connectivity index (χ4n) is 1.60. The number of hydrogen-bond acceptors (Lipinski definition) is 2. The highest BCUT2D eigenvalue weighted by atomic mass is 79.9. The van der Waals surface area contributed by atoms with Crippen molar-refractivity contribution in [3.8, 4) is 5.75 Å². The quantitative estimate of drug-likeness (QED) is 0.749. The summed E-state index contributed by atoms with van der Waals surface area (Å²) in [6, 6.07) is 10.5. The van der Waals surface area contributed by atoms with Crippen LogP contribution in [0.2, 0.25) is 5.02 Å². The zero-order valence-electron chi connectivity index (χ0n) is 10.4. The Morgan fingerprint density at radius 3 is 2.65 bits per heavy atom. The van der Waals surface area contributed by atoms with Gasteiger partial charge in [-0.15, -0.1) is 0 Å². The van der Waals surface area contributed by atoms with Crippen LogP contribution in [0.5, 0.6) is 5.75 Å². The van der Waals surface area contributed by atoms with E-state index in [1.54, 1.807) is 43.5 Å². The number of carbonyl (C=O) groups is 1. The summed E-state index contributed by atoms with van der Waals surface area (Å²) in [4.78, 5) is 12.3. The molecule has 0 heterocycles. The lowest BCUT2D eigenvalue weighted by Crippen LogP contribution is -2.13. The molecule has 0 saturated carbocycles. The van der Waals surface area contributed by atoms with Crippen LogP contribution in [-0.2, 0) is 0 Å². The summed E-state index contributed by atoms with van der Waals surface area (Å²) in [6.07, 6.45) is 0. The van der Waals surface area contributed by atoms with E-state index in [2.05, 4.69) is 37.2 Å². The normalized spacial score (nSPS) is 10.2. The molecular weight excluding hydrogens is 409 g/mol. The second kappa shape index (κ2) is 6.61. The van der Waals surface area contributed by atoms with Crippen molar-refractivity contribution in [2.45, 2.75) is 0 Å². The maximum Gasteiger partial charge on any atom is 0.257 e. The Balaban J connectivity index is 2.30. The largest absolute Gasteiger partial charge is 0.497 e. The molecule has 2 aromatic rings. The average molecular weight is 420 g/mol.